The number of nitrogens with one attached hydrogen (secondary N) is 4. The van der Waals surface area contributed by atoms with Crippen molar-refractivity contribution in [1.29, 1.82) is 0 Å². The Hall–Kier alpha value is -2.83. The van der Waals surface area contributed by atoms with Gasteiger partial charge in [0.2, 0.25) is 29.5 Å². The predicted molar refractivity (Wildman–Crippen MR) is 112 cm³/mol. The summed E-state index contributed by atoms with van der Waals surface area (Å²) in [5.41, 5.74) is 0. The van der Waals surface area contributed by atoms with Crippen LogP contribution in [-0.2, 0) is 28.8 Å². The Morgan fingerprint density at radius 3 is 2.32 bits per heavy atom. The van der Waals surface area contributed by atoms with Gasteiger partial charge in [0.25, 0.3) is 0 Å². The average molecular weight is 460 g/mol. The average Bonchev–Trinajstić information content (AvgIpc) is 3.21. The van der Waals surface area contributed by atoms with E-state index in [4.69, 9.17) is 5.11 Å². The van der Waals surface area contributed by atoms with Crippen molar-refractivity contribution in [2.45, 2.75) is 38.3 Å². The highest BCUT2D eigenvalue weighted by molar-refractivity contribution is 7.98. The maximum absolute atomic E-state index is 13.0. The van der Waals surface area contributed by atoms with Crippen molar-refractivity contribution in [3.63, 3.8) is 0 Å². The number of carbonyl (C=O) groups is 6. The number of carboxylic acids is 1. The fourth-order valence-electron chi connectivity index (χ4n) is 2.97. The number of amides is 5. The Labute approximate surface area is 184 Å². The maximum Gasteiger partial charge on any atom is 0.322 e. The summed E-state index contributed by atoms with van der Waals surface area (Å²) in [7, 11) is 0. The van der Waals surface area contributed by atoms with Crippen molar-refractivity contribution < 1.29 is 33.9 Å². The Kier molecular flexibility index (Phi) is 11.4. The third-order valence-corrected chi connectivity index (χ3v) is 5.08. The first-order valence-electron chi connectivity index (χ1n) is 9.75. The molecular weight excluding hydrogens is 430 g/mol. The minimum atomic E-state index is -1.20. The smallest absolute Gasteiger partial charge is 0.322 e. The molecule has 1 fully saturated rings. The van der Waals surface area contributed by atoms with Crippen LogP contribution in [-0.4, -0.2) is 95.8 Å². The summed E-state index contributed by atoms with van der Waals surface area (Å²) in [5.74, 6) is -3.07. The number of hydrogen-bond donors (Lipinski definition) is 5. The van der Waals surface area contributed by atoms with Crippen molar-refractivity contribution >= 4 is 47.3 Å². The van der Waals surface area contributed by atoms with Gasteiger partial charge in [-0.3, -0.25) is 28.8 Å². The van der Waals surface area contributed by atoms with E-state index < -0.39 is 54.8 Å². The van der Waals surface area contributed by atoms with E-state index in [-0.39, 0.29) is 12.5 Å². The molecule has 5 N–H and O–H groups in total. The van der Waals surface area contributed by atoms with Crippen molar-refractivity contribution in [2.24, 2.45) is 0 Å². The van der Waals surface area contributed by atoms with E-state index in [1.54, 1.807) is 0 Å². The largest absolute Gasteiger partial charge is 0.480 e. The summed E-state index contributed by atoms with van der Waals surface area (Å²) in [5, 5.41) is 18.1. The van der Waals surface area contributed by atoms with Crippen LogP contribution in [0.1, 0.15) is 26.2 Å². The van der Waals surface area contributed by atoms with Crippen LogP contribution in [0, 0.1) is 0 Å². The van der Waals surface area contributed by atoms with E-state index in [9.17, 15) is 28.8 Å². The zero-order chi connectivity index (χ0) is 23.4. The Balaban J connectivity index is 2.71. The summed E-state index contributed by atoms with van der Waals surface area (Å²) in [6.07, 6.45) is 3.21. The molecule has 174 valence electrons. The molecule has 0 aromatic rings. The lowest BCUT2D eigenvalue weighted by molar-refractivity contribution is -0.141. The van der Waals surface area contributed by atoms with Crippen molar-refractivity contribution in [1.82, 2.24) is 26.2 Å². The molecule has 12 nitrogen and oxygen atoms in total. The van der Waals surface area contributed by atoms with Gasteiger partial charge in [0.15, 0.2) is 0 Å². The summed E-state index contributed by atoms with van der Waals surface area (Å²) in [6.45, 7) is 0.387. The molecule has 0 aliphatic carbocycles. The standard InChI is InChI=1S/C18H29N5O7S/c1-11(24)19-9-15(26)22-12(5-7-31-2)18(30)23-6-3-4-13(23)17(29)21-8-14(25)20-10-16(27)28/h12-13H,3-10H2,1-2H3,(H,19,24)(H,20,25)(H,21,29)(H,22,26)(H,27,28)/t12-,13-/m0/s1. The van der Waals surface area contributed by atoms with E-state index in [1.165, 1.54) is 23.6 Å². The molecule has 0 aromatic heterocycles. The van der Waals surface area contributed by atoms with Crippen molar-refractivity contribution in [2.75, 3.05) is 38.2 Å². The van der Waals surface area contributed by atoms with Crippen LogP contribution < -0.4 is 21.3 Å². The zero-order valence-corrected chi connectivity index (χ0v) is 18.4. The van der Waals surface area contributed by atoms with Crippen LogP contribution in [0.15, 0.2) is 0 Å². The van der Waals surface area contributed by atoms with Gasteiger partial charge in [0.05, 0.1) is 13.1 Å². The fourth-order valence-corrected chi connectivity index (χ4v) is 3.44. The number of thioether (sulfide) groups is 1. The second kappa shape index (κ2) is 13.5. The van der Waals surface area contributed by atoms with Crippen molar-refractivity contribution in [3.8, 4) is 0 Å². The highest BCUT2D eigenvalue weighted by Crippen LogP contribution is 2.19. The summed E-state index contributed by atoms with van der Waals surface area (Å²) in [4.78, 5) is 72.0. The van der Waals surface area contributed by atoms with Crippen LogP contribution in [0.25, 0.3) is 0 Å². The van der Waals surface area contributed by atoms with Crippen molar-refractivity contribution in [3.05, 3.63) is 0 Å². The number of hydrogen-bond acceptors (Lipinski definition) is 7. The Morgan fingerprint density at radius 2 is 1.71 bits per heavy atom. The van der Waals surface area contributed by atoms with Crippen LogP contribution >= 0.6 is 11.8 Å². The first-order valence-corrected chi connectivity index (χ1v) is 11.1. The molecule has 5 amide bonds. The molecule has 1 saturated heterocycles. The van der Waals surface area contributed by atoms with E-state index >= 15 is 0 Å². The quantitative estimate of drug-likeness (QED) is 0.216. The maximum atomic E-state index is 13.0. The van der Waals surface area contributed by atoms with Gasteiger partial charge in [-0.25, -0.2) is 0 Å². The summed E-state index contributed by atoms with van der Waals surface area (Å²) < 4.78 is 0. The lowest BCUT2D eigenvalue weighted by atomic mass is 10.1. The third kappa shape index (κ3) is 9.68. The summed E-state index contributed by atoms with van der Waals surface area (Å²) in [6, 6.07) is -1.63. The van der Waals surface area contributed by atoms with Gasteiger partial charge in [0.1, 0.15) is 18.6 Å². The molecule has 0 aromatic carbocycles. The van der Waals surface area contributed by atoms with Gasteiger partial charge >= 0.3 is 5.97 Å². The van der Waals surface area contributed by atoms with Gasteiger partial charge in [0, 0.05) is 13.5 Å². The topological polar surface area (TPSA) is 174 Å². The van der Waals surface area contributed by atoms with Crippen LogP contribution in [0.2, 0.25) is 0 Å². The highest BCUT2D eigenvalue weighted by Gasteiger charge is 2.37. The minimum absolute atomic E-state index is 0.256. The first-order chi connectivity index (χ1) is 14.6. The van der Waals surface area contributed by atoms with Crippen LogP contribution in [0.3, 0.4) is 0 Å². The van der Waals surface area contributed by atoms with E-state index in [2.05, 4.69) is 21.3 Å². The van der Waals surface area contributed by atoms with Gasteiger partial charge in [-0.15, -0.1) is 0 Å². The summed E-state index contributed by atoms with van der Waals surface area (Å²) >= 11 is 1.50. The SMILES string of the molecule is CSCC[C@H](NC(=O)CNC(C)=O)C(=O)N1CCC[C@H]1C(=O)NCC(=O)NCC(=O)O. The molecule has 0 unspecified atom stereocenters. The first kappa shape index (κ1) is 26.2. The Bertz CT molecular complexity index is 703. The second-order valence-electron chi connectivity index (χ2n) is 6.89. The molecule has 1 rings (SSSR count). The highest BCUT2D eigenvalue weighted by atomic mass is 32.2. The lowest BCUT2D eigenvalue weighted by Crippen LogP contribution is -2.55. The second-order valence-corrected chi connectivity index (χ2v) is 7.87. The third-order valence-electron chi connectivity index (χ3n) is 4.44. The molecule has 0 radical (unpaired) electrons. The molecule has 1 aliphatic heterocycles. The lowest BCUT2D eigenvalue weighted by Gasteiger charge is -2.28. The van der Waals surface area contributed by atoms with E-state index in [0.717, 1.165) is 0 Å². The molecular formula is C18H29N5O7S. The van der Waals surface area contributed by atoms with Gasteiger partial charge in [-0.05, 0) is 31.3 Å². The fraction of sp³-hybridized carbons (Fsp3) is 0.667. The van der Waals surface area contributed by atoms with Gasteiger partial charge in [-0.2, -0.15) is 11.8 Å². The molecule has 0 spiro atoms. The van der Waals surface area contributed by atoms with Gasteiger partial charge < -0.3 is 31.3 Å². The number of aliphatic carboxylic acids is 1. The van der Waals surface area contributed by atoms with E-state index in [0.29, 0.717) is 31.6 Å². The molecule has 13 heteroatoms. The van der Waals surface area contributed by atoms with Crippen LogP contribution in [0.5, 0.6) is 0 Å². The predicted octanol–water partition coefficient (Wildman–Crippen LogP) is -2.33. The molecule has 1 heterocycles. The number of rotatable bonds is 12. The minimum Gasteiger partial charge on any atom is -0.480 e. The molecule has 31 heavy (non-hydrogen) atoms. The van der Waals surface area contributed by atoms with E-state index in [1.807, 2.05) is 6.26 Å². The zero-order valence-electron chi connectivity index (χ0n) is 17.6. The molecule has 0 saturated carbocycles. The monoisotopic (exact) mass is 459 g/mol. The van der Waals surface area contributed by atoms with Gasteiger partial charge in [-0.1, -0.05) is 0 Å². The number of carboxylic acid groups (broad SMARTS) is 1. The number of nitrogens with zero attached hydrogens (tertiary/aromatic N) is 1. The number of carbonyl (C=O) groups excluding carboxylic acids is 5. The number of likely N-dealkylation sites (tertiary alicyclic amines) is 1. The molecule has 2 atom stereocenters. The molecule has 1 aliphatic rings. The Morgan fingerprint density at radius 1 is 1.03 bits per heavy atom. The van der Waals surface area contributed by atoms with Crippen LogP contribution in [0.4, 0.5) is 0 Å². The normalized spacial score (nSPS) is 16.2. The molecule has 0 bridgehead atoms.